The molecule has 0 aliphatic carbocycles. The molecule has 0 unspecified atom stereocenters. The maximum Gasteiger partial charge on any atom is 0.254 e. The highest BCUT2D eigenvalue weighted by Crippen LogP contribution is 2.16. The molecule has 1 aliphatic rings. The number of carbonyl (C=O) groups is 1. The molecular formula is C14H19F2N3O2. The van der Waals surface area contributed by atoms with Crippen molar-refractivity contribution in [3.63, 3.8) is 0 Å². The summed E-state index contributed by atoms with van der Waals surface area (Å²) in [6.45, 7) is 7.17. The number of hydrogen-bond acceptors (Lipinski definition) is 4. The van der Waals surface area contributed by atoms with Crippen LogP contribution in [0.1, 0.15) is 24.2 Å². The molecule has 21 heavy (non-hydrogen) atoms. The average Bonchev–Trinajstić information content (AvgIpc) is 2.49. The van der Waals surface area contributed by atoms with Crippen LogP contribution in [0.5, 0.6) is 0 Å². The van der Waals surface area contributed by atoms with Crippen LogP contribution >= 0.6 is 0 Å². The van der Waals surface area contributed by atoms with E-state index in [0.29, 0.717) is 19.8 Å². The first-order chi connectivity index (χ1) is 9.92. The summed E-state index contributed by atoms with van der Waals surface area (Å²) in [6, 6.07) is 1.16. The summed E-state index contributed by atoms with van der Waals surface area (Å²) in [5, 5.41) is 2.65. The van der Waals surface area contributed by atoms with Gasteiger partial charge < -0.3 is 10.1 Å². The number of ether oxygens (including phenoxy) is 1. The zero-order valence-corrected chi connectivity index (χ0v) is 12.2. The van der Waals surface area contributed by atoms with Gasteiger partial charge in [-0.1, -0.05) is 0 Å². The Labute approximate surface area is 122 Å². The Bertz CT molecular complexity index is 517. The summed E-state index contributed by atoms with van der Waals surface area (Å²) in [5.74, 6) is -3.13. The number of hydrogen-bond donors (Lipinski definition) is 1. The van der Waals surface area contributed by atoms with Crippen LogP contribution in [0.3, 0.4) is 0 Å². The van der Waals surface area contributed by atoms with E-state index in [0.717, 1.165) is 25.4 Å². The molecule has 1 fully saturated rings. The maximum absolute atomic E-state index is 13.5. The highest BCUT2D eigenvalue weighted by atomic mass is 19.2. The van der Waals surface area contributed by atoms with Gasteiger partial charge in [0.1, 0.15) is 0 Å². The van der Waals surface area contributed by atoms with E-state index < -0.39 is 17.7 Å². The summed E-state index contributed by atoms with van der Waals surface area (Å²) in [6.07, 6.45) is 1.07. The molecule has 1 amide bonds. The van der Waals surface area contributed by atoms with E-state index in [-0.39, 0.29) is 11.1 Å². The molecule has 2 heterocycles. The summed E-state index contributed by atoms with van der Waals surface area (Å²) < 4.78 is 31.8. The zero-order chi connectivity index (χ0) is 15.5. The third-order valence-corrected chi connectivity index (χ3v) is 3.64. The lowest BCUT2D eigenvalue weighted by Crippen LogP contribution is -2.55. The van der Waals surface area contributed by atoms with E-state index in [1.807, 2.05) is 13.8 Å². The predicted molar refractivity (Wildman–Crippen MR) is 73.0 cm³/mol. The number of pyridine rings is 1. The number of amides is 1. The van der Waals surface area contributed by atoms with Gasteiger partial charge in [-0.2, -0.15) is 4.39 Å². The summed E-state index contributed by atoms with van der Waals surface area (Å²) in [7, 11) is 0. The molecule has 0 saturated carbocycles. The van der Waals surface area contributed by atoms with Gasteiger partial charge in [0, 0.05) is 31.4 Å². The molecule has 0 radical (unpaired) electrons. The van der Waals surface area contributed by atoms with Crippen molar-refractivity contribution in [2.24, 2.45) is 0 Å². The maximum atomic E-state index is 13.5. The quantitative estimate of drug-likeness (QED) is 0.849. The molecule has 0 atom stereocenters. The standard InChI is InChI=1S/C14H19F2N3O2/c1-14(2,19-5-7-21-8-6-19)9-18-13(20)10-3-4-17-12(16)11(10)15/h3-4H,5-9H2,1-2H3,(H,18,20). The van der Waals surface area contributed by atoms with Gasteiger partial charge in [-0.25, -0.2) is 9.37 Å². The summed E-state index contributed by atoms with van der Waals surface area (Å²) in [5.41, 5.74) is -0.623. The average molecular weight is 299 g/mol. The molecule has 5 nitrogen and oxygen atoms in total. The second-order valence-electron chi connectivity index (χ2n) is 5.56. The Hall–Kier alpha value is -1.60. The Morgan fingerprint density at radius 3 is 2.76 bits per heavy atom. The van der Waals surface area contributed by atoms with Gasteiger partial charge in [0.15, 0.2) is 5.82 Å². The lowest BCUT2D eigenvalue weighted by Gasteiger charge is -2.40. The van der Waals surface area contributed by atoms with E-state index in [2.05, 4.69) is 15.2 Å². The lowest BCUT2D eigenvalue weighted by molar-refractivity contribution is -0.00924. The van der Waals surface area contributed by atoms with Gasteiger partial charge >= 0.3 is 0 Å². The number of nitrogens with one attached hydrogen (secondary N) is 1. The smallest absolute Gasteiger partial charge is 0.254 e. The molecule has 2 rings (SSSR count). The van der Waals surface area contributed by atoms with Crippen LogP contribution in [-0.2, 0) is 4.74 Å². The van der Waals surface area contributed by atoms with Crippen LogP contribution in [0.15, 0.2) is 12.3 Å². The van der Waals surface area contributed by atoms with E-state index in [9.17, 15) is 13.6 Å². The largest absolute Gasteiger partial charge is 0.379 e. The topological polar surface area (TPSA) is 54.5 Å². The normalized spacial score (nSPS) is 16.8. The first-order valence-corrected chi connectivity index (χ1v) is 6.83. The first-order valence-electron chi connectivity index (χ1n) is 6.83. The minimum Gasteiger partial charge on any atom is -0.379 e. The van der Waals surface area contributed by atoms with Gasteiger partial charge in [0.05, 0.1) is 18.8 Å². The van der Waals surface area contributed by atoms with Crippen molar-refractivity contribution in [1.82, 2.24) is 15.2 Å². The third-order valence-electron chi connectivity index (χ3n) is 3.64. The first kappa shape index (κ1) is 15.8. The molecule has 7 heteroatoms. The van der Waals surface area contributed by atoms with Crippen molar-refractivity contribution < 1.29 is 18.3 Å². The molecule has 1 saturated heterocycles. The van der Waals surface area contributed by atoms with Gasteiger partial charge in [-0.05, 0) is 19.9 Å². The van der Waals surface area contributed by atoms with Gasteiger partial charge in [0.2, 0.25) is 5.95 Å². The molecule has 1 aromatic rings. The van der Waals surface area contributed by atoms with Crippen LogP contribution in [0.2, 0.25) is 0 Å². The van der Waals surface area contributed by atoms with Crippen LogP contribution in [0, 0.1) is 11.8 Å². The second-order valence-corrected chi connectivity index (χ2v) is 5.56. The van der Waals surface area contributed by atoms with Crippen molar-refractivity contribution in [2.45, 2.75) is 19.4 Å². The highest BCUT2D eigenvalue weighted by molar-refractivity contribution is 5.94. The number of morpholine rings is 1. The van der Waals surface area contributed by atoms with Crippen molar-refractivity contribution in [1.29, 1.82) is 0 Å². The molecule has 1 aliphatic heterocycles. The molecule has 0 aromatic carbocycles. The second kappa shape index (κ2) is 6.44. The van der Waals surface area contributed by atoms with Crippen molar-refractivity contribution in [3.8, 4) is 0 Å². The van der Waals surface area contributed by atoms with Crippen molar-refractivity contribution in [3.05, 3.63) is 29.6 Å². The molecule has 116 valence electrons. The fourth-order valence-electron chi connectivity index (χ4n) is 2.27. The summed E-state index contributed by atoms with van der Waals surface area (Å²) >= 11 is 0. The van der Waals surface area contributed by atoms with Crippen LogP contribution in [0.25, 0.3) is 0 Å². The third kappa shape index (κ3) is 3.74. The number of aromatic nitrogens is 1. The molecule has 1 N–H and O–H groups in total. The Morgan fingerprint density at radius 1 is 1.43 bits per heavy atom. The monoisotopic (exact) mass is 299 g/mol. The van der Waals surface area contributed by atoms with E-state index >= 15 is 0 Å². The van der Waals surface area contributed by atoms with E-state index in [1.165, 1.54) is 0 Å². The Morgan fingerprint density at radius 2 is 2.10 bits per heavy atom. The molecular weight excluding hydrogens is 280 g/mol. The predicted octanol–water partition coefficient (Wildman–Crippen LogP) is 1.20. The fourth-order valence-corrected chi connectivity index (χ4v) is 2.27. The Kier molecular flexibility index (Phi) is 4.84. The number of carbonyl (C=O) groups excluding carboxylic acids is 1. The summed E-state index contributed by atoms with van der Waals surface area (Å²) in [4.78, 5) is 17.3. The molecule has 0 spiro atoms. The van der Waals surface area contributed by atoms with Gasteiger partial charge in [-0.15, -0.1) is 0 Å². The Balaban J connectivity index is 1.98. The van der Waals surface area contributed by atoms with Crippen LogP contribution in [0.4, 0.5) is 8.78 Å². The van der Waals surface area contributed by atoms with Crippen LogP contribution in [-0.4, -0.2) is 54.2 Å². The molecule has 1 aromatic heterocycles. The van der Waals surface area contributed by atoms with Crippen LogP contribution < -0.4 is 5.32 Å². The molecule has 0 bridgehead atoms. The van der Waals surface area contributed by atoms with Gasteiger partial charge in [-0.3, -0.25) is 9.69 Å². The minimum absolute atomic E-state index is 0.290. The SMILES string of the molecule is CC(C)(CNC(=O)c1ccnc(F)c1F)N1CCOCC1. The highest BCUT2D eigenvalue weighted by Gasteiger charge is 2.29. The van der Waals surface area contributed by atoms with E-state index in [4.69, 9.17) is 4.74 Å². The zero-order valence-electron chi connectivity index (χ0n) is 12.2. The number of rotatable bonds is 4. The van der Waals surface area contributed by atoms with Gasteiger partial charge in [0.25, 0.3) is 5.91 Å². The fraction of sp³-hybridized carbons (Fsp3) is 0.571. The number of nitrogens with zero attached hydrogens (tertiary/aromatic N) is 2. The van der Waals surface area contributed by atoms with Crippen molar-refractivity contribution in [2.75, 3.05) is 32.8 Å². The van der Waals surface area contributed by atoms with Crippen molar-refractivity contribution >= 4 is 5.91 Å². The van der Waals surface area contributed by atoms with E-state index in [1.54, 1.807) is 0 Å². The number of halogens is 2. The minimum atomic E-state index is -1.27. The lowest BCUT2D eigenvalue weighted by atomic mass is 10.0.